The maximum Gasteiger partial charge on any atom is 0.326 e. The summed E-state index contributed by atoms with van der Waals surface area (Å²) in [7, 11) is 1.54. The number of methoxy groups -OCH3 is 1. The lowest BCUT2D eigenvalue weighted by atomic mass is 10.1. The highest BCUT2D eigenvalue weighted by Gasteiger charge is 2.40. The van der Waals surface area contributed by atoms with Gasteiger partial charge in [-0.3, -0.25) is 14.5 Å². The molecule has 0 unspecified atom stereocenters. The van der Waals surface area contributed by atoms with E-state index < -0.39 is 23.9 Å². The first-order valence-corrected chi connectivity index (χ1v) is 13.0. The van der Waals surface area contributed by atoms with Gasteiger partial charge in [-0.2, -0.15) is 0 Å². The summed E-state index contributed by atoms with van der Waals surface area (Å²) in [6.07, 6.45) is 7.97. The predicted octanol–water partition coefficient (Wildman–Crippen LogP) is 5.34. The third-order valence-electron chi connectivity index (χ3n) is 5.58. The standard InChI is InChI=1S/C25H33NO7S2/c1-4-5-6-7-8-9-16(2)33-19-12-10-17(14-20(19)32-3)15-21-23(29)26(25(34)35-21)18(24(30)31)11-13-22(27)28/h10,12,14-16,18H,4-9,11,13H2,1-3H3,(H,27,28)(H,30,31)/b21-15+/t16-,18-/m0/s1. The van der Waals surface area contributed by atoms with E-state index in [1.54, 1.807) is 31.4 Å². The molecular formula is C25H33NO7S2. The summed E-state index contributed by atoms with van der Waals surface area (Å²) in [6, 6.07) is 3.98. The molecule has 35 heavy (non-hydrogen) atoms. The normalized spacial score (nSPS) is 16.4. The van der Waals surface area contributed by atoms with Crippen molar-refractivity contribution in [3.05, 3.63) is 28.7 Å². The Kier molecular flexibility index (Phi) is 11.5. The van der Waals surface area contributed by atoms with Crippen LogP contribution < -0.4 is 9.47 Å². The molecule has 0 aliphatic carbocycles. The van der Waals surface area contributed by atoms with Gasteiger partial charge < -0.3 is 19.7 Å². The second kappa shape index (κ2) is 14.1. The highest BCUT2D eigenvalue weighted by Crippen LogP contribution is 2.36. The maximum atomic E-state index is 12.9. The van der Waals surface area contributed by atoms with Gasteiger partial charge in [0.2, 0.25) is 0 Å². The van der Waals surface area contributed by atoms with Crippen LogP contribution in [-0.2, 0) is 14.4 Å². The molecular weight excluding hydrogens is 490 g/mol. The molecule has 2 atom stereocenters. The summed E-state index contributed by atoms with van der Waals surface area (Å²) in [4.78, 5) is 36.7. The highest BCUT2D eigenvalue weighted by molar-refractivity contribution is 8.26. The first-order chi connectivity index (χ1) is 16.7. The number of carboxylic acid groups (broad SMARTS) is 2. The van der Waals surface area contributed by atoms with E-state index in [1.807, 2.05) is 6.92 Å². The molecule has 0 spiro atoms. The number of amides is 1. The molecule has 1 heterocycles. The predicted molar refractivity (Wildman–Crippen MR) is 140 cm³/mol. The highest BCUT2D eigenvalue weighted by atomic mass is 32.2. The molecule has 0 saturated carbocycles. The van der Waals surface area contributed by atoms with Crippen molar-refractivity contribution >= 4 is 52.2 Å². The van der Waals surface area contributed by atoms with Crippen molar-refractivity contribution in [1.29, 1.82) is 0 Å². The minimum Gasteiger partial charge on any atom is -0.493 e. The van der Waals surface area contributed by atoms with Gasteiger partial charge >= 0.3 is 11.9 Å². The Morgan fingerprint density at radius 1 is 1.14 bits per heavy atom. The summed E-state index contributed by atoms with van der Waals surface area (Å²) in [5, 5.41) is 18.4. The van der Waals surface area contributed by atoms with Crippen molar-refractivity contribution in [2.45, 2.75) is 77.4 Å². The Labute approximate surface area is 215 Å². The van der Waals surface area contributed by atoms with Crippen LogP contribution in [0.4, 0.5) is 0 Å². The van der Waals surface area contributed by atoms with E-state index in [1.165, 1.54) is 25.7 Å². The summed E-state index contributed by atoms with van der Waals surface area (Å²) in [5.41, 5.74) is 0.666. The number of carbonyl (C=O) groups is 3. The van der Waals surface area contributed by atoms with Gasteiger partial charge in [0, 0.05) is 6.42 Å². The first kappa shape index (κ1) is 28.6. The van der Waals surface area contributed by atoms with Gasteiger partial charge in [0.25, 0.3) is 5.91 Å². The van der Waals surface area contributed by atoms with E-state index in [0.717, 1.165) is 29.5 Å². The molecule has 1 aliphatic heterocycles. The average molecular weight is 524 g/mol. The van der Waals surface area contributed by atoms with Crippen LogP contribution in [-0.4, -0.2) is 56.5 Å². The van der Waals surface area contributed by atoms with E-state index in [4.69, 9.17) is 26.8 Å². The zero-order valence-electron chi connectivity index (χ0n) is 20.3. The van der Waals surface area contributed by atoms with Crippen LogP contribution in [0.25, 0.3) is 6.08 Å². The summed E-state index contributed by atoms with van der Waals surface area (Å²) in [6.45, 7) is 4.22. The molecule has 2 N–H and O–H groups in total. The molecule has 0 aromatic heterocycles. The smallest absolute Gasteiger partial charge is 0.326 e. The van der Waals surface area contributed by atoms with E-state index in [2.05, 4.69) is 6.92 Å². The Morgan fingerprint density at radius 3 is 2.49 bits per heavy atom. The van der Waals surface area contributed by atoms with E-state index in [0.29, 0.717) is 17.1 Å². The molecule has 10 heteroatoms. The molecule has 0 radical (unpaired) electrons. The molecule has 1 fully saturated rings. The van der Waals surface area contributed by atoms with Crippen LogP contribution >= 0.6 is 24.0 Å². The van der Waals surface area contributed by atoms with Gasteiger partial charge in [-0.1, -0.05) is 62.7 Å². The lowest BCUT2D eigenvalue weighted by Crippen LogP contribution is -2.44. The number of rotatable bonds is 15. The number of hydrogen-bond acceptors (Lipinski definition) is 7. The fourth-order valence-electron chi connectivity index (χ4n) is 3.71. The van der Waals surface area contributed by atoms with Crippen LogP contribution in [0.5, 0.6) is 11.5 Å². The van der Waals surface area contributed by atoms with Gasteiger partial charge in [0.15, 0.2) is 11.5 Å². The largest absolute Gasteiger partial charge is 0.493 e. The van der Waals surface area contributed by atoms with Gasteiger partial charge in [0.1, 0.15) is 10.4 Å². The molecule has 192 valence electrons. The fraction of sp³-hybridized carbons (Fsp3) is 0.520. The van der Waals surface area contributed by atoms with Crippen molar-refractivity contribution in [2.75, 3.05) is 7.11 Å². The van der Waals surface area contributed by atoms with E-state index in [9.17, 15) is 19.5 Å². The Morgan fingerprint density at radius 2 is 1.86 bits per heavy atom. The molecule has 1 aromatic carbocycles. The molecule has 0 bridgehead atoms. The second-order valence-electron chi connectivity index (χ2n) is 8.38. The van der Waals surface area contributed by atoms with Gasteiger partial charge in [0.05, 0.1) is 18.1 Å². The molecule has 1 aliphatic rings. The van der Waals surface area contributed by atoms with Crippen LogP contribution in [0.1, 0.15) is 70.8 Å². The van der Waals surface area contributed by atoms with E-state index in [-0.39, 0.29) is 28.2 Å². The number of benzene rings is 1. The zero-order chi connectivity index (χ0) is 26.0. The lowest BCUT2D eigenvalue weighted by Gasteiger charge is -2.22. The topological polar surface area (TPSA) is 113 Å². The second-order valence-corrected chi connectivity index (χ2v) is 10.1. The number of thiocarbonyl (C=S) groups is 1. The number of thioether (sulfide) groups is 1. The van der Waals surface area contributed by atoms with Crippen LogP contribution in [0.3, 0.4) is 0 Å². The van der Waals surface area contributed by atoms with Crippen molar-refractivity contribution in [2.24, 2.45) is 0 Å². The van der Waals surface area contributed by atoms with Crippen molar-refractivity contribution in [3.63, 3.8) is 0 Å². The molecule has 1 aromatic rings. The lowest BCUT2D eigenvalue weighted by molar-refractivity contribution is -0.146. The number of nitrogens with zero attached hydrogens (tertiary/aromatic N) is 1. The fourth-order valence-corrected chi connectivity index (χ4v) is 5.06. The Bertz CT molecular complexity index is 963. The number of hydrogen-bond donors (Lipinski definition) is 2. The number of carboxylic acids is 2. The number of aliphatic carboxylic acids is 2. The number of ether oxygens (including phenoxy) is 2. The Hall–Kier alpha value is -2.59. The minimum absolute atomic E-state index is 0.0337. The quantitative estimate of drug-likeness (QED) is 0.179. The third-order valence-corrected chi connectivity index (χ3v) is 6.91. The summed E-state index contributed by atoms with van der Waals surface area (Å²) in [5.74, 6) is -1.87. The van der Waals surface area contributed by atoms with Crippen molar-refractivity contribution in [3.8, 4) is 11.5 Å². The monoisotopic (exact) mass is 523 g/mol. The Balaban J connectivity index is 2.11. The first-order valence-electron chi connectivity index (χ1n) is 11.7. The third kappa shape index (κ3) is 8.54. The SMILES string of the molecule is CCCCCCC[C@H](C)Oc1ccc(/C=C2/SC(=S)N([C@@H](CCC(=O)O)C(=O)O)C2=O)cc1OC. The summed E-state index contributed by atoms with van der Waals surface area (Å²) >= 11 is 6.22. The van der Waals surface area contributed by atoms with Gasteiger partial charge in [-0.05, 0) is 50.0 Å². The van der Waals surface area contributed by atoms with Crippen LogP contribution in [0.15, 0.2) is 23.1 Å². The minimum atomic E-state index is -1.33. The molecule has 8 nitrogen and oxygen atoms in total. The van der Waals surface area contributed by atoms with Gasteiger partial charge in [-0.15, -0.1) is 0 Å². The molecule has 1 saturated heterocycles. The average Bonchev–Trinajstić information content (AvgIpc) is 3.07. The van der Waals surface area contributed by atoms with Crippen molar-refractivity contribution in [1.82, 2.24) is 4.90 Å². The van der Waals surface area contributed by atoms with Crippen LogP contribution in [0, 0.1) is 0 Å². The van der Waals surface area contributed by atoms with Crippen molar-refractivity contribution < 1.29 is 34.1 Å². The molecule has 1 amide bonds. The van der Waals surface area contributed by atoms with Gasteiger partial charge in [-0.25, -0.2) is 4.79 Å². The summed E-state index contributed by atoms with van der Waals surface area (Å²) < 4.78 is 11.6. The number of unbranched alkanes of at least 4 members (excludes halogenated alkanes) is 4. The molecule has 2 rings (SSSR count). The zero-order valence-corrected chi connectivity index (χ0v) is 22.0. The van der Waals surface area contributed by atoms with Crippen LogP contribution in [0.2, 0.25) is 0 Å². The maximum absolute atomic E-state index is 12.9. The van der Waals surface area contributed by atoms with E-state index >= 15 is 0 Å². The number of carbonyl (C=O) groups excluding carboxylic acids is 1.